The fraction of sp³-hybridized carbons (Fsp3) is 0.714. The third-order valence-electron chi connectivity index (χ3n) is 4.96. The molecular weight excluding hydrogens is 1110 g/mol. The number of alkyl halides is 1. The van der Waals surface area contributed by atoms with Gasteiger partial charge in [0, 0.05) is 0 Å². The van der Waals surface area contributed by atoms with Gasteiger partial charge in [-0.05, 0) is 125 Å². The van der Waals surface area contributed by atoms with Gasteiger partial charge in [-0.25, -0.2) is 19.2 Å². The summed E-state index contributed by atoms with van der Waals surface area (Å²) in [6.45, 7) is 34.0. The second-order valence-corrected chi connectivity index (χ2v) is 18.7. The highest BCUT2D eigenvalue weighted by molar-refractivity contribution is 9.10. The summed E-state index contributed by atoms with van der Waals surface area (Å²) >= 11 is 3.22. The minimum Gasteiger partial charge on any atom is -0.464 e. The van der Waals surface area contributed by atoms with Crippen LogP contribution in [0.2, 0.25) is 0 Å². The highest BCUT2D eigenvalue weighted by atomic mass is 79.9. The van der Waals surface area contributed by atoms with Crippen molar-refractivity contribution >= 4 is 99.6 Å². The first kappa shape index (κ1) is 115. The van der Waals surface area contributed by atoms with Gasteiger partial charge in [-0.1, -0.05) is 96.2 Å². The SMILES string of the molecule is C.C.C.C.C.C.C/C(=N\OC(C)(C)C(=O)OC(C)(C)C)C(N)=O.CC(C)(C)OC(=O)C(C)(C)Br.CCC.COC(=O)/C(C)=N/OC(C)(C)C(=O)OC(C)(C)C.COC(=O)/C(C)=N\O.O=C=O.O=C=O.O=C=O.O=C=O.O=C=O. The average molecular weight is 1200 g/mol. The van der Waals surface area contributed by atoms with E-state index in [0.29, 0.717) is 0 Å². The molecule has 28 nitrogen and oxygen atoms in total. The Kier molecular flexibility index (Phi) is 94.0. The first-order chi connectivity index (χ1) is 32.3. The van der Waals surface area contributed by atoms with Crippen LogP contribution in [-0.2, 0) is 110 Å². The molecular formula is C49H95BrN4O24. The molecule has 3 N–H and O–H groups in total. The van der Waals surface area contributed by atoms with Crippen molar-refractivity contribution < 1.29 is 115 Å². The molecule has 462 valence electrons. The van der Waals surface area contributed by atoms with Crippen LogP contribution in [-0.4, -0.2) is 135 Å². The third-order valence-corrected chi connectivity index (χ3v) is 5.28. The third kappa shape index (κ3) is 101. The number of hydrogen-bond acceptors (Lipinski definition) is 27. The van der Waals surface area contributed by atoms with E-state index in [0.717, 1.165) is 0 Å². The number of primary amides is 1. The van der Waals surface area contributed by atoms with Gasteiger partial charge in [-0.2, -0.15) is 47.9 Å². The number of oxime groups is 3. The number of amides is 1. The maximum Gasteiger partial charge on any atom is 0.373 e. The molecule has 0 bridgehead atoms. The number of ether oxygens (including phenoxy) is 5. The average Bonchev–Trinajstić information content (AvgIpc) is 3.21. The molecule has 0 saturated carbocycles. The number of methoxy groups -OCH3 is 2. The molecule has 0 aliphatic carbocycles. The topological polar surface area (TPSA) is 421 Å². The van der Waals surface area contributed by atoms with Gasteiger partial charge < -0.3 is 44.3 Å². The Labute approximate surface area is 470 Å². The lowest BCUT2D eigenvalue weighted by Gasteiger charge is -2.26. The lowest BCUT2D eigenvalue weighted by Crippen LogP contribution is -2.40. The van der Waals surface area contributed by atoms with Gasteiger partial charge in [0.25, 0.3) is 5.91 Å². The molecule has 0 aromatic heterocycles. The van der Waals surface area contributed by atoms with Gasteiger partial charge in [0.05, 0.1) is 14.2 Å². The molecule has 0 atom stereocenters. The van der Waals surface area contributed by atoms with Crippen LogP contribution in [0.1, 0.15) is 189 Å². The normalized spacial score (nSPS) is 9.55. The van der Waals surface area contributed by atoms with E-state index >= 15 is 0 Å². The van der Waals surface area contributed by atoms with Crippen LogP contribution in [0.4, 0.5) is 0 Å². The molecule has 0 fully saturated rings. The van der Waals surface area contributed by atoms with Crippen LogP contribution in [0.25, 0.3) is 0 Å². The lowest BCUT2D eigenvalue weighted by atomic mass is 10.1. The Morgan fingerprint density at radius 1 is 0.449 bits per heavy atom. The maximum atomic E-state index is 11.8. The number of carbonyl (C=O) groups excluding carboxylic acids is 16. The molecule has 29 heteroatoms. The largest absolute Gasteiger partial charge is 0.464 e. The number of halogens is 1. The van der Waals surface area contributed by atoms with Crippen molar-refractivity contribution in [2.24, 2.45) is 21.2 Å². The van der Waals surface area contributed by atoms with Crippen LogP contribution >= 0.6 is 15.9 Å². The summed E-state index contributed by atoms with van der Waals surface area (Å²) in [5, 5.41) is 17.6. The highest BCUT2D eigenvalue weighted by Gasteiger charge is 2.36. The molecule has 78 heavy (non-hydrogen) atoms. The van der Waals surface area contributed by atoms with Crippen LogP contribution in [0, 0.1) is 0 Å². The summed E-state index contributed by atoms with van der Waals surface area (Å²) in [7, 11) is 2.46. The molecule has 0 radical (unpaired) electrons. The van der Waals surface area contributed by atoms with Crippen molar-refractivity contribution in [2.45, 2.75) is 222 Å². The van der Waals surface area contributed by atoms with E-state index in [1.54, 1.807) is 55.4 Å². The zero-order valence-electron chi connectivity index (χ0n) is 44.8. The number of esters is 5. The summed E-state index contributed by atoms with van der Waals surface area (Å²) in [6.07, 6.45) is 2.50. The van der Waals surface area contributed by atoms with Crippen LogP contribution in [0.5, 0.6) is 0 Å². The van der Waals surface area contributed by atoms with Crippen molar-refractivity contribution in [1.29, 1.82) is 0 Å². The molecule has 0 unspecified atom stereocenters. The van der Waals surface area contributed by atoms with Gasteiger partial charge in [-0.3, -0.25) is 9.59 Å². The van der Waals surface area contributed by atoms with Crippen molar-refractivity contribution in [3.63, 3.8) is 0 Å². The Morgan fingerprint density at radius 2 is 0.641 bits per heavy atom. The summed E-state index contributed by atoms with van der Waals surface area (Å²) in [6, 6.07) is 0. The Hall–Kier alpha value is -7.39. The number of carbonyl (C=O) groups is 6. The van der Waals surface area contributed by atoms with E-state index in [2.05, 4.69) is 54.7 Å². The van der Waals surface area contributed by atoms with E-state index < -0.39 is 62.1 Å². The molecule has 0 aliphatic rings. The zero-order valence-corrected chi connectivity index (χ0v) is 46.4. The fourth-order valence-corrected chi connectivity index (χ4v) is 2.14. The quantitative estimate of drug-likeness (QED) is 0.0534. The predicted octanol–water partition coefficient (Wildman–Crippen LogP) is 7.48. The van der Waals surface area contributed by atoms with E-state index in [4.69, 9.17) is 82.8 Å². The van der Waals surface area contributed by atoms with Crippen LogP contribution < -0.4 is 5.73 Å². The lowest BCUT2D eigenvalue weighted by molar-refractivity contribution is -0.193. The monoisotopic (exact) mass is 1200 g/mol. The van der Waals surface area contributed by atoms with Crippen molar-refractivity contribution in [3.8, 4) is 0 Å². The molecule has 0 aromatic carbocycles. The molecule has 0 spiro atoms. The molecule has 0 rings (SSSR count). The Balaban J connectivity index is -0.0000000423. The molecule has 0 aromatic rings. The minimum atomic E-state index is -1.28. The van der Waals surface area contributed by atoms with Crippen molar-refractivity contribution in [2.75, 3.05) is 14.2 Å². The molecule has 0 aliphatic heterocycles. The predicted molar refractivity (Wildman–Crippen MR) is 287 cm³/mol. The standard InChI is InChI=1S/C12H21NO5.C11H20N2O4.C8H15BrO2.C4H7NO3.C3H8.5CO2.6CH4/c1-8(9(14)16-7)13-18-12(5,6)10(15)17-11(2,3)4;1-7(8(12)14)13-17-11(5,6)9(15)16-10(2,3)4;1-7(2,3)11-6(10)8(4,5)9;1-3(5-7)4(6)8-2;1-3-2;5*2-1-3;;;;;;/h1-7H3;1-6H3,(H2,12,14);1-5H3;7H,1-2H3;3H2,1-2H3;;;;;;6*1H4/b13-8+;13-7+;;5-3-;;;;;;;;;;;;. The zero-order chi connectivity index (χ0) is 60.5. The van der Waals surface area contributed by atoms with Gasteiger partial charge >= 0.3 is 60.6 Å². The van der Waals surface area contributed by atoms with Gasteiger partial charge in [0.2, 0.25) is 11.2 Å². The van der Waals surface area contributed by atoms with Gasteiger partial charge in [-0.15, -0.1) is 0 Å². The highest BCUT2D eigenvalue weighted by Crippen LogP contribution is 2.21. The van der Waals surface area contributed by atoms with E-state index in [-0.39, 0.29) is 98.4 Å². The summed E-state index contributed by atoms with van der Waals surface area (Å²) in [5.41, 5.74) is 0.766. The summed E-state index contributed by atoms with van der Waals surface area (Å²) in [4.78, 5) is 158. The summed E-state index contributed by atoms with van der Waals surface area (Å²) in [5.74, 6) is -3.29. The van der Waals surface area contributed by atoms with Gasteiger partial charge in [0.15, 0.2) is 11.4 Å². The van der Waals surface area contributed by atoms with Gasteiger partial charge in [0.1, 0.15) is 26.8 Å². The van der Waals surface area contributed by atoms with E-state index in [1.807, 2.05) is 20.8 Å². The number of hydrogen-bond donors (Lipinski definition) is 2. The first-order valence-electron chi connectivity index (χ1n) is 19.8. The summed E-state index contributed by atoms with van der Waals surface area (Å²) < 4.78 is 23.5. The second kappa shape index (κ2) is 63.9. The number of nitrogens with two attached hydrogens (primary N) is 1. The van der Waals surface area contributed by atoms with Crippen molar-refractivity contribution in [3.05, 3.63) is 0 Å². The van der Waals surface area contributed by atoms with Crippen molar-refractivity contribution in [1.82, 2.24) is 0 Å². The fourth-order valence-electron chi connectivity index (χ4n) is 2.06. The molecule has 0 saturated heterocycles. The first-order valence-corrected chi connectivity index (χ1v) is 20.5. The van der Waals surface area contributed by atoms with E-state index in [1.165, 1.54) is 69.1 Å². The van der Waals surface area contributed by atoms with Crippen LogP contribution in [0.3, 0.4) is 0 Å². The van der Waals surface area contributed by atoms with Crippen LogP contribution in [0.15, 0.2) is 15.5 Å². The Morgan fingerprint density at radius 3 is 0.782 bits per heavy atom. The maximum absolute atomic E-state index is 11.8. The number of nitrogens with zero attached hydrogens (tertiary/aromatic N) is 3. The Bertz CT molecular complexity index is 1780. The van der Waals surface area contributed by atoms with E-state index in [9.17, 15) is 28.8 Å². The molecule has 1 amide bonds. The smallest absolute Gasteiger partial charge is 0.373 e. The minimum absolute atomic E-state index is 0. The molecule has 0 heterocycles. The second-order valence-electron chi connectivity index (χ2n) is 16.7. The number of rotatable bonds is 10.